The van der Waals surface area contributed by atoms with E-state index in [9.17, 15) is 14.4 Å². The first-order valence-corrected chi connectivity index (χ1v) is 3.02. The van der Waals surface area contributed by atoms with Gasteiger partial charge in [-0.2, -0.15) is 0 Å². The maximum atomic E-state index is 10.6. The molecule has 0 fully saturated rings. The van der Waals surface area contributed by atoms with Gasteiger partial charge in [0.25, 0.3) is 0 Å². The third kappa shape index (κ3) is 6.44. The van der Waals surface area contributed by atoms with E-state index in [0.717, 1.165) is 12.2 Å². The summed E-state index contributed by atoms with van der Waals surface area (Å²) in [5, 5.41) is 0. The van der Waals surface area contributed by atoms with Crippen LogP contribution in [0.25, 0.3) is 0 Å². The quantitative estimate of drug-likeness (QED) is 0.442. The predicted octanol–water partition coefficient (Wildman–Crippen LogP) is -0.424. The topological polar surface area (TPSA) is 77.2 Å². The van der Waals surface area contributed by atoms with E-state index in [0.29, 0.717) is 0 Å². The Kier molecular flexibility index (Phi) is 3.80. The first kappa shape index (κ1) is 9.55. The molecule has 0 radical (unpaired) electrons. The molecule has 0 aliphatic carbocycles. The van der Waals surface area contributed by atoms with Gasteiger partial charge in [-0.1, -0.05) is 0 Å². The highest BCUT2D eigenvalue weighted by Crippen LogP contribution is 1.86. The van der Waals surface area contributed by atoms with Crippen LogP contribution in [0, 0.1) is 0 Å². The van der Waals surface area contributed by atoms with E-state index in [1.807, 2.05) is 0 Å². The number of nitrogens with two attached hydrogens (primary N) is 1. The number of carbonyl (C=O) groups excluding carboxylic acids is 3. The number of hydrogen-bond acceptors (Lipinski definition) is 3. The molecular weight excluding hydrogens is 146 g/mol. The van der Waals surface area contributed by atoms with Gasteiger partial charge in [-0.05, 0) is 13.0 Å². The molecule has 0 spiro atoms. The Morgan fingerprint density at radius 1 is 1.27 bits per heavy atom. The van der Waals surface area contributed by atoms with E-state index in [4.69, 9.17) is 5.73 Å². The SMILES string of the molecule is CC(=O)CC(=O)C=CC(N)=O. The molecule has 0 atom stereocenters. The fourth-order valence-electron chi connectivity index (χ4n) is 0.479. The van der Waals surface area contributed by atoms with Gasteiger partial charge in [0.05, 0.1) is 6.42 Å². The average Bonchev–Trinajstić information content (AvgIpc) is 1.82. The van der Waals surface area contributed by atoms with Gasteiger partial charge in [-0.25, -0.2) is 0 Å². The lowest BCUT2D eigenvalue weighted by atomic mass is 10.2. The van der Waals surface area contributed by atoms with Crippen LogP contribution >= 0.6 is 0 Å². The minimum atomic E-state index is -0.693. The average molecular weight is 155 g/mol. The number of primary amides is 1. The molecule has 0 aromatic carbocycles. The van der Waals surface area contributed by atoms with E-state index in [2.05, 4.69) is 0 Å². The van der Waals surface area contributed by atoms with Crippen molar-refractivity contribution in [2.24, 2.45) is 5.73 Å². The fourth-order valence-corrected chi connectivity index (χ4v) is 0.479. The normalized spacial score (nSPS) is 9.91. The van der Waals surface area contributed by atoms with Crippen LogP contribution in [0.4, 0.5) is 0 Å². The lowest BCUT2D eigenvalue weighted by Gasteiger charge is -1.86. The number of ketones is 2. The van der Waals surface area contributed by atoms with Crippen molar-refractivity contribution in [1.82, 2.24) is 0 Å². The van der Waals surface area contributed by atoms with Gasteiger partial charge in [0.15, 0.2) is 5.78 Å². The summed E-state index contributed by atoms with van der Waals surface area (Å²) in [7, 11) is 0. The predicted molar refractivity (Wildman–Crippen MR) is 38.6 cm³/mol. The van der Waals surface area contributed by atoms with Crippen molar-refractivity contribution in [3.8, 4) is 0 Å². The molecule has 0 rings (SSSR count). The van der Waals surface area contributed by atoms with Crippen molar-refractivity contribution in [2.45, 2.75) is 13.3 Å². The van der Waals surface area contributed by atoms with Crippen LogP contribution in [0.3, 0.4) is 0 Å². The van der Waals surface area contributed by atoms with Crippen LogP contribution in [0.2, 0.25) is 0 Å². The smallest absolute Gasteiger partial charge is 0.241 e. The minimum absolute atomic E-state index is 0.177. The highest BCUT2D eigenvalue weighted by Gasteiger charge is 2.00. The zero-order chi connectivity index (χ0) is 8.85. The molecule has 1 amide bonds. The molecule has 0 unspecified atom stereocenters. The Morgan fingerprint density at radius 2 is 1.82 bits per heavy atom. The van der Waals surface area contributed by atoms with E-state index >= 15 is 0 Å². The molecule has 0 aliphatic rings. The molecular formula is C7H9NO3. The van der Waals surface area contributed by atoms with Crippen molar-refractivity contribution < 1.29 is 14.4 Å². The van der Waals surface area contributed by atoms with Crippen molar-refractivity contribution in [3.05, 3.63) is 12.2 Å². The van der Waals surface area contributed by atoms with Crippen LogP contribution in [0.5, 0.6) is 0 Å². The van der Waals surface area contributed by atoms with Crippen LogP contribution in [0.15, 0.2) is 12.2 Å². The van der Waals surface area contributed by atoms with Crippen molar-refractivity contribution >= 4 is 17.5 Å². The first-order chi connectivity index (χ1) is 5.02. The third-order valence-corrected chi connectivity index (χ3v) is 0.857. The van der Waals surface area contributed by atoms with E-state index in [-0.39, 0.29) is 12.2 Å². The molecule has 60 valence electrons. The van der Waals surface area contributed by atoms with Gasteiger partial charge in [0.1, 0.15) is 5.78 Å². The zero-order valence-electron chi connectivity index (χ0n) is 6.16. The van der Waals surface area contributed by atoms with Gasteiger partial charge in [-0.15, -0.1) is 0 Å². The summed E-state index contributed by atoms with van der Waals surface area (Å²) in [6.07, 6.45) is 1.76. The lowest BCUT2D eigenvalue weighted by molar-refractivity contribution is -0.123. The molecule has 4 heteroatoms. The molecule has 0 saturated carbocycles. The largest absolute Gasteiger partial charge is 0.366 e. The van der Waals surface area contributed by atoms with Gasteiger partial charge in [0, 0.05) is 6.08 Å². The second-order valence-corrected chi connectivity index (χ2v) is 2.08. The van der Waals surface area contributed by atoms with Gasteiger partial charge >= 0.3 is 0 Å². The summed E-state index contributed by atoms with van der Waals surface area (Å²) in [6.45, 7) is 1.30. The molecule has 0 aliphatic heterocycles. The molecule has 0 aromatic heterocycles. The summed E-state index contributed by atoms with van der Waals surface area (Å²) in [6, 6.07) is 0. The lowest BCUT2D eigenvalue weighted by Crippen LogP contribution is -2.07. The minimum Gasteiger partial charge on any atom is -0.366 e. The summed E-state index contributed by atoms with van der Waals surface area (Å²) < 4.78 is 0. The maximum absolute atomic E-state index is 10.6. The molecule has 0 heterocycles. The van der Waals surface area contributed by atoms with E-state index in [1.165, 1.54) is 6.92 Å². The van der Waals surface area contributed by atoms with Crippen LogP contribution in [0.1, 0.15) is 13.3 Å². The highest BCUT2D eigenvalue weighted by molar-refractivity contribution is 6.06. The van der Waals surface area contributed by atoms with E-state index < -0.39 is 11.7 Å². The number of rotatable bonds is 4. The number of amides is 1. The van der Waals surface area contributed by atoms with Gasteiger partial charge < -0.3 is 5.73 Å². The summed E-state index contributed by atoms with van der Waals surface area (Å²) in [4.78, 5) is 31.1. The van der Waals surface area contributed by atoms with E-state index in [1.54, 1.807) is 0 Å². The Balaban J connectivity index is 3.88. The number of carbonyl (C=O) groups is 3. The van der Waals surface area contributed by atoms with Gasteiger partial charge in [0.2, 0.25) is 5.91 Å². The van der Waals surface area contributed by atoms with Crippen LogP contribution in [-0.4, -0.2) is 17.5 Å². The van der Waals surface area contributed by atoms with Crippen LogP contribution in [-0.2, 0) is 14.4 Å². The molecule has 0 bridgehead atoms. The molecule has 11 heavy (non-hydrogen) atoms. The van der Waals surface area contributed by atoms with Gasteiger partial charge in [-0.3, -0.25) is 14.4 Å². The Labute approximate surface area is 64.1 Å². The maximum Gasteiger partial charge on any atom is 0.241 e. The molecule has 2 N–H and O–H groups in total. The van der Waals surface area contributed by atoms with Crippen molar-refractivity contribution in [2.75, 3.05) is 0 Å². The molecule has 0 saturated heterocycles. The van der Waals surface area contributed by atoms with Crippen molar-refractivity contribution in [1.29, 1.82) is 0 Å². The fraction of sp³-hybridized carbons (Fsp3) is 0.286. The monoisotopic (exact) mass is 155 g/mol. The zero-order valence-corrected chi connectivity index (χ0v) is 6.16. The standard InChI is InChI=1S/C7H9NO3/c1-5(9)4-6(10)2-3-7(8)11/h2-3H,4H2,1H3,(H2,8,11). The second kappa shape index (κ2) is 4.38. The Hall–Kier alpha value is -1.45. The molecule has 4 nitrogen and oxygen atoms in total. The van der Waals surface area contributed by atoms with Crippen LogP contribution < -0.4 is 5.73 Å². The Bertz CT molecular complexity index is 218. The Morgan fingerprint density at radius 3 is 2.18 bits per heavy atom. The summed E-state index contributed by atoms with van der Waals surface area (Å²) in [5.41, 5.74) is 4.71. The number of Topliss-reactive ketones (excluding diaryl/α,β-unsaturated/α-hetero) is 1. The third-order valence-electron chi connectivity index (χ3n) is 0.857. The highest BCUT2D eigenvalue weighted by atomic mass is 16.2. The summed E-state index contributed by atoms with van der Waals surface area (Å²) in [5.74, 6) is -1.33. The summed E-state index contributed by atoms with van der Waals surface area (Å²) >= 11 is 0. The molecule has 0 aromatic rings. The second-order valence-electron chi connectivity index (χ2n) is 2.08. The first-order valence-electron chi connectivity index (χ1n) is 3.02. The van der Waals surface area contributed by atoms with Crippen molar-refractivity contribution in [3.63, 3.8) is 0 Å². The number of hydrogen-bond donors (Lipinski definition) is 1. The number of allylic oxidation sites excluding steroid dienone is 1.